The van der Waals surface area contributed by atoms with Gasteiger partial charge in [0.05, 0.1) is 40.3 Å². The van der Waals surface area contributed by atoms with Crippen LogP contribution in [0, 0.1) is 0 Å². The number of allylic oxidation sites excluding steroid dienone is 18. The number of hydrogen-bond donors (Lipinski definition) is 0. The van der Waals surface area contributed by atoms with Crippen LogP contribution in [0.3, 0.4) is 0 Å². The summed E-state index contributed by atoms with van der Waals surface area (Å²) in [5, 5.41) is 11.6. The highest BCUT2D eigenvalue weighted by molar-refractivity contribution is 5.70. The highest BCUT2D eigenvalue weighted by Gasteiger charge is 2.25. The second kappa shape index (κ2) is 43.6. The Bertz CT molecular complexity index is 1370. The van der Waals surface area contributed by atoms with Crippen molar-refractivity contribution in [1.82, 2.24) is 0 Å². The predicted octanol–water partition coefficient (Wildman–Crippen LogP) is 12.3. The van der Waals surface area contributed by atoms with Crippen LogP contribution >= 0.6 is 0 Å². The molecule has 8 heteroatoms. The van der Waals surface area contributed by atoms with Crippen LogP contribution in [0.1, 0.15) is 162 Å². The molecule has 0 heterocycles. The van der Waals surface area contributed by atoms with Crippen molar-refractivity contribution in [3.63, 3.8) is 0 Å². The molecule has 0 spiro atoms. The second-order valence-corrected chi connectivity index (χ2v) is 16.7. The number of esters is 2. The van der Waals surface area contributed by atoms with Gasteiger partial charge in [0.1, 0.15) is 12.6 Å². The number of rotatable bonds is 41. The monoisotopic (exact) mass is 862 g/mol. The fourth-order valence-electron chi connectivity index (χ4n) is 6.28. The van der Waals surface area contributed by atoms with E-state index in [1.807, 2.05) is 12.2 Å². The van der Waals surface area contributed by atoms with E-state index >= 15 is 0 Å². The van der Waals surface area contributed by atoms with E-state index in [0.29, 0.717) is 6.42 Å². The summed E-state index contributed by atoms with van der Waals surface area (Å²) in [6.45, 7) is 4.44. The van der Waals surface area contributed by atoms with Gasteiger partial charge in [0.2, 0.25) is 0 Å². The molecule has 2 unspecified atom stereocenters. The van der Waals surface area contributed by atoms with Crippen LogP contribution in [0.25, 0.3) is 0 Å². The van der Waals surface area contributed by atoms with Gasteiger partial charge >= 0.3 is 11.9 Å². The molecule has 0 fully saturated rings. The minimum absolute atomic E-state index is 0.0148. The van der Waals surface area contributed by atoms with Gasteiger partial charge in [-0.3, -0.25) is 9.59 Å². The molecule has 0 aromatic carbocycles. The average molecular weight is 862 g/mol. The van der Waals surface area contributed by atoms with Crippen LogP contribution in [0.2, 0.25) is 0 Å². The quantitative estimate of drug-likeness (QED) is 0.0198. The number of carboxylic acid groups (broad SMARTS) is 1. The molecule has 0 saturated heterocycles. The van der Waals surface area contributed by atoms with Crippen LogP contribution < -0.4 is 5.11 Å². The maximum absolute atomic E-state index is 12.8. The molecule has 0 bridgehead atoms. The molecule has 0 N–H and O–H groups in total. The van der Waals surface area contributed by atoms with Crippen LogP contribution in [0.5, 0.6) is 0 Å². The van der Waals surface area contributed by atoms with Crippen LogP contribution in [-0.2, 0) is 28.6 Å². The van der Waals surface area contributed by atoms with Crippen molar-refractivity contribution in [2.24, 2.45) is 0 Å². The van der Waals surface area contributed by atoms with E-state index in [-0.39, 0.29) is 49.1 Å². The van der Waals surface area contributed by atoms with Crippen LogP contribution in [0.15, 0.2) is 109 Å². The largest absolute Gasteiger partial charge is 0.544 e. The Labute approximate surface area is 378 Å². The van der Waals surface area contributed by atoms with E-state index in [0.717, 1.165) is 109 Å². The molecule has 350 valence electrons. The third kappa shape index (κ3) is 41.3. The molecule has 0 aliphatic rings. The van der Waals surface area contributed by atoms with E-state index in [4.69, 9.17) is 14.2 Å². The highest BCUT2D eigenvalue weighted by Crippen LogP contribution is 2.12. The molecule has 8 nitrogen and oxygen atoms in total. The lowest BCUT2D eigenvalue weighted by molar-refractivity contribution is -0.889. The molecule has 0 aliphatic carbocycles. The number of carbonyl (C=O) groups excluding carboxylic acids is 3. The minimum atomic E-state index is -1.14. The van der Waals surface area contributed by atoms with E-state index in [9.17, 15) is 19.5 Å². The number of ether oxygens (including phenoxy) is 3. The summed E-state index contributed by atoms with van der Waals surface area (Å²) in [7, 11) is 5.38. The lowest BCUT2D eigenvalue weighted by Crippen LogP contribution is -2.55. The molecular weight excluding hydrogens is 775 g/mol. The lowest BCUT2D eigenvalue weighted by Gasteiger charge is -2.34. The summed E-state index contributed by atoms with van der Waals surface area (Å²) >= 11 is 0. The number of quaternary nitrogens is 1. The fourth-order valence-corrected chi connectivity index (χ4v) is 6.28. The summed E-state index contributed by atoms with van der Waals surface area (Å²) in [5.41, 5.74) is 0. The van der Waals surface area contributed by atoms with Crippen molar-refractivity contribution in [2.75, 3.05) is 41.0 Å². The Morgan fingerprint density at radius 1 is 0.516 bits per heavy atom. The average Bonchev–Trinajstić information content (AvgIpc) is 3.23. The molecule has 0 rings (SSSR count). The molecule has 0 saturated carbocycles. The Hall–Kier alpha value is -4.01. The smallest absolute Gasteiger partial charge is 0.306 e. The zero-order chi connectivity index (χ0) is 45.6. The van der Waals surface area contributed by atoms with E-state index in [2.05, 4.69) is 111 Å². The molecule has 62 heavy (non-hydrogen) atoms. The van der Waals surface area contributed by atoms with Gasteiger partial charge in [-0.25, -0.2) is 0 Å². The lowest BCUT2D eigenvalue weighted by atomic mass is 10.1. The molecular formula is C54H87NO7. The first-order valence-electron chi connectivity index (χ1n) is 24.0. The molecule has 0 radical (unpaired) electrons. The van der Waals surface area contributed by atoms with E-state index < -0.39 is 18.1 Å². The number of carbonyl (C=O) groups is 3. The first-order valence-corrected chi connectivity index (χ1v) is 24.0. The Morgan fingerprint density at radius 2 is 0.968 bits per heavy atom. The number of unbranched alkanes of at least 4 members (excludes halogenated alkanes) is 12. The van der Waals surface area contributed by atoms with Crippen molar-refractivity contribution in [3.8, 4) is 0 Å². The van der Waals surface area contributed by atoms with Crippen LogP contribution in [0.4, 0.5) is 0 Å². The minimum Gasteiger partial charge on any atom is -0.544 e. The van der Waals surface area contributed by atoms with Gasteiger partial charge in [-0.1, -0.05) is 168 Å². The zero-order valence-corrected chi connectivity index (χ0v) is 39.7. The van der Waals surface area contributed by atoms with Gasteiger partial charge in [0.25, 0.3) is 0 Å². The van der Waals surface area contributed by atoms with E-state index in [1.165, 1.54) is 19.3 Å². The van der Waals surface area contributed by atoms with Gasteiger partial charge in [0, 0.05) is 19.3 Å². The first kappa shape index (κ1) is 58.0. The molecule has 0 aromatic heterocycles. The summed E-state index contributed by atoms with van der Waals surface area (Å²) in [5.74, 6) is -1.81. The standard InChI is InChI=1S/C54H87NO7/c1-6-8-10-12-14-16-18-20-22-24-26-27-29-30-32-34-36-38-40-42-44-52(56)61-49-50(48-60-47-46-51(54(58)59)55(3,4)5)62-53(57)45-43-41-39-37-35-33-31-28-25-23-21-19-17-15-13-11-9-7-2/h8,10,14-17,19-23,25-28,30-32,50-51H,6-7,9,11-13,18,24,29,33-49H2,1-5H3/b10-8+,16-14+,17-15+,21-19+,22-20+,25-23+,27-26+,31-28+,32-30+. The topological polar surface area (TPSA) is 102 Å². The fraction of sp³-hybridized carbons (Fsp3) is 0.611. The van der Waals surface area contributed by atoms with Gasteiger partial charge in [-0.2, -0.15) is 0 Å². The Kier molecular flexibility index (Phi) is 40.8. The number of hydrogen-bond acceptors (Lipinski definition) is 7. The molecule has 2 atom stereocenters. The number of nitrogens with zero attached hydrogens (tertiary/aromatic N) is 1. The van der Waals surface area contributed by atoms with Crippen molar-refractivity contribution in [2.45, 2.75) is 174 Å². The maximum atomic E-state index is 12.8. The Balaban J connectivity index is 4.43. The molecule has 0 amide bonds. The predicted molar refractivity (Wildman–Crippen MR) is 258 cm³/mol. The summed E-state index contributed by atoms with van der Waals surface area (Å²) in [6, 6.07) is -0.742. The second-order valence-electron chi connectivity index (χ2n) is 16.7. The SMILES string of the molecule is CC/C=C/C/C=C/C/C=C/C/C=C/C/C=C/CCCCCCC(=O)OCC(COCCC(C(=O)[O-])[N+](C)(C)C)OC(=O)CCCCCCC/C=C/C=C/C=C/C=C/CCCCC. The van der Waals surface area contributed by atoms with Crippen molar-refractivity contribution in [1.29, 1.82) is 0 Å². The third-order valence-electron chi connectivity index (χ3n) is 9.99. The summed E-state index contributed by atoms with van der Waals surface area (Å²) < 4.78 is 17.2. The maximum Gasteiger partial charge on any atom is 0.306 e. The Morgan fingerprint density at radius 3 is 1.48 bits per heavy atom. The summed E-state index contributed by atoms with van der Waals surface area (Å²) in [6.07, 6.45) is 59.6. The first-order chi connectivity index (χ1) is 30.1. The number of aliphatic carboxylic acids is 1. The molecule has 0 aromatic rings. The van der Waals surface area contributed by atoms with Gasteiger partial charge < -0.3 is 28.6 Å². The van der Waals surface area contributed by atoms with Crippen molar-refractivity contribution >= 4 is 17.9 Å². The van der Waals surface area contributed by atoms with E-state index in [1.54, 1.807) is 21.1 Å². The van der Waals surface area contributed by atoms with Crippen molar-refractivity contribution in [3.05, 3.63) is 109 Å². The zero-order valence-electron chi connectivity index (χ0n) is 39.7. The van der Waals surface area contributed by atoms with Gasteiger partial charge in [-0.05, 0) is 83.5 Å². The van der Waals surface area contributed by atoms with Crippen LogP contribution in [-0.4, -0.2) is 75.5 Å². The van der Waals surface area contributed by atoms with Crippen molar-refractivity contribution < 1.29 is 38.2 Å². The molecule has 0 aliphatic heterocycles. The number of carboxylic acids is 1. The third-order valence-corrected chi connectivity index (χ3v) is 9.99. The normalized spacial score (nSPS) is 13.9. The highest BCUT2D eigenvalue weighted by atomic mass is 16.6. The summed E-state index contributed by atoms with van der Waals surface area (Å²) in [4.78, 5) is 37.0. The number of likely N-dealkylation sites (N-methyl/N-ethyl adjacent to an activating group) is 1. The van der Waals surface area contributed by atoms with Gasteiger partial charge in [0.15, 0.2) is 6.10 Å². The van der Waals surface area contributed by atoms with Gasteiger partial charge in [-0.15, -0.1) is 0 Å².